The summed E-state index contributed by atoms with van der Waals surface area (Å²) in [5.74, 6) is 0. The van der Waals surface area contributed by atoms with Crippen LogP contribution in [-0.2, 0) is 0 Å². The summed E-state index contributed by atoms with van der Waals surface area (Å²) in [5, 5.41) is 7.54. The van der Waals surface area contributed by atoms with Crippen LogP contribution in [0.4, 0.5) is 51.2 Å². The first kappa shape index (κ1) is 67.8. The lowest BCUT2D eigenvalue weighted by Crippen LogP contribution is -2.61. The van der Waals surface area contributed by atoms with Crippen molar-refractivity contribution in [3.05, 3.63) is 449 Å². The van der Waals surface area contributed by atoms with Crippen LogP contribution >= 0.6 is 0 Å². The Bertz CT molecular complexity index is 6830. The molecule has 116 heavy (non-hydrogen) atoms. The Morgan fingerprint density at radius 1 is 0.181 bits per heavy atom. The van der Waals surface area contributed by atoms with Gasteiger partial charge in [-0.25, -0.2) is 0 Å². The van der Waals surface area contributed by atoms with Crippen LogP contribution in [0.15, 0.2) is 449 Å². The van der Waals surface area contributed by atoms with Gasteiger partial charge in [0, 0.05) is 56.4 Å². The van der Waals surface area contributed by atoms with E-state index in [0.29, 0.717) is 0 Å². The number of anilines is 9. The van der Waals surface area contributed by atoms with Crippen molar-refractivity contribution in [1.82, 2.24) is 0 Å². The van der Waals surface area contributed by atoms with Crippen LogP contribution in [-0.4, -0.2) is 6.71 Å². The normalized spacial score (nSPS) is 12.1. The average molecular weight is 1470 g/mol. The van der Waals surface area contributed by atoms with Gasteiger partial charge in [0.25, 0.3) is 6.71 Å². The first-order chi connectivity index (χ1) is 57.5. The van der Waals surface area contributed by atoms with Gasteiger partial charge in [-0.1, -0.05) is 376 Å². The molecule has 0 aromatic heterocycles. The van der Waals surface area contributed by atoms with Crippen LogP contribution in [0.3, 0.4) is 0 Å². The van der Waals surface area contributed by atoms with Gasteiger partial charge in [-0.2, -0.15) is 0 Å². The van der Waals surface area contributed by atoms with Gasteiger partial charge in [0.15, 0.2) is 0 Å². The molecule has 0 aliphatic carbocycles. The summed E-state index contributed by atoms with van der Waals surface area (Å²) in [6.45, 7) is -0.355. The molecule has 20 aromatic rings. The van der Waals surface area contributed by atoms with Gasteiger partial charge in [-0.15, -0.1) is 0 Å². The first-order valence-electron chi connectivity index (χ1n) is 40.1. The predicted molar refractivity (Wildman–Crippen MR) is 493 cm³/mol. The molecule has 2 aliphatic rings. The molecule has 22 rings (SSSR count). The van der Waals surface area contributed by atoms with Crippen LogP contribution in [0, 0.1) is 0 Å². The molecule has 0 amide bonds. The minimum Gasteiger partial charge on any atom is -0.310 e. The summed E-state index contributed by atoms with van der Waals surface area (Å²) >= 11 is 0. The van der Waals surface area contributed by atoms with Gasteiger partial charge < -0.3 is 14.7 Å². The minimum absolute atomic E-state index is 0.355. The zero-order valence-electron chi connectivity index (χ0n) is 63.6. The van der Waals surface area contributed by atoms with E-state index >= 15 is 0 Å². The minimum atomic E-state index is -0.355. The topological polar surface area (TPSA) is 9.72 Å². The average Bonchev–Trinajstić information content (AvgIpc) is 0.683. The van der Waals surface area contributed by atoms with Crippen molar-refractivity contribution >= 4 is 107 Å². The summed E-state index contributed by atoms with van der Waals surface area (Å²) in [6, 6.07) is 168. The van der Waals surface area contributed by atoms with Crippen molar-refractivity contribution in [2.24, 2.45) is 0 Å². The van der Waals surface area contributed by atoms with Crippen molar-refractivity contribution in [3.63, 3.8) is 0 Å². The van der Waals surface area contributed by atoms with Crippen LogP contribution in [0.5, 0.6) is 0 Å². The SMILES string of the molecule is c1ccc(-c2ccc(N(c3ccc(-c4ccccc4)cc3)c3cc4c5c(c3)N(c3c(-c6ccccc6)cc(-c6ccccc6)cc3-c3ccccc3)c3ccc(-c6ccc7ccc8cccc9ccc6c7c89)cc3B5c3cc(-c5ccccc5)ccc3N4c3c(-c4ccccc4)cc(-c4ccccc4)cc3-c3ccccc3)cc2)cc1. The number of rotatable bonds is 15. The van der Waals surface area contributed by atoms with E-state index in [9.17, 15) is 0 Å². The Labute approximate surface area is 676 Å². The van der Waals surface area contributed by atoms with Crippen LogP contribution in [0.2, 0.25) is 0 Å². The quantitative estimate of drug-likeness (QED) is 0.0748. The highest BCUT2D eigenvalue weighted by Crippen LogP contribution is 2.57. The van der Waals surface area contributed by atoms with Gasteiger partial charge >= 0.3 is 0 Å². The lowest BCUT2D eigenvalue weighted by Gasteiger charge is -2.46. The molecular weight excluding hydrogens is 1400 g/mol. The fraction of sp³-hybridized carbons (Fsp3) is 0. The molecule has 0 N–H and O–H groups in total. The molecule has 0 radical (unpaired) electrons. The molecule has 20 aromatic carbocycles. The molecule has 0 unspecified atom stereocenters. The van der Waals surface area contributed by atoms with E-state index in [1.807, 2.05) is 0 Å². The maximum atomic E-state index is 2.70. The van der Waals surface area contributed by atoms with E-state index in [4.69, 9.17) is 0 Å². The van der Waals surface area contributed by atoms with Crippen molar-refractivity contribution < 1.29 is 0 Å². The third-order valence-electron chi connectivity index (χ3n) is 23.9. The number of fused-ring (bicyclic) bond motifs is 4. The van der Waals surface area contributed by atoms with E-state index < -0.39 is 0 Å². The Hall–Kier alpha value is -15.1. The fourth-order valence-corrected chi connectivity index (χ4v) is 18.6. The Balaban J connectivity index is 0.923. The van der Waals surface area contributed by atoms with Crippen LogP contribution in [0.25, 0.3) is 144 Å². The summed E-state index contributed by atoms with van der Waals surface area (Å²) in [7, 11) is 0. The largest absolute Gasteiger partial charge is 0.310 e. The van der Waals surface area contributed by atoms with Crippen molar-refractivity contribution in [1.29, 1.82) is 0 Å². The molecule has 3 nitrogen and oxygen atoms in total. The molecule has 0 fully saturated rings. The molecular formula is C112H74BN3. The zero-order chi connectivity index (χ0) is 76.6. The van der Waals surface area contributed by atoms with Gasteiger partial charge in [0.1, 0.15) is 0 Å². The maximum Gasteiger partial charge on any atom is 0.252 e. The standard InChI is InChI=1S/C112H74BN3/c1-10-29-75(30-11-1)80-51-59-93(60-52-80)114(94-61-53-81(54-62-94)76-31-12-2-13-32-76)95-73-106-110-107(74-95)116(112-100(84-43-24-8-25-44-84)69-92(79-37-18-5-19-38-79)70-101(112)85-45-26-9-27-46-85)105-66-58-90(96-63-55-88-50-49-86-47-28-48-87-56-64-97(96)109(88)108(86)87)72-103(105)113(110)102-71-89(77-33-14-3-15-34-77)57-65-104(102)115(106)111-98(82-39-20-6-21-40-82)67-91(78-35-16-4-17-36-78)68-99(111)83-41-22-7-23-42-83/h1-74H. The summed E-state index contributed by atoms with van der Waals surface area (Å²) in [4.78, 5) is 7.91. The fourth-order valence-electron chi connectivity index (χ4n) is 18.6. The summed E-state index contributed by atoms with van der Waals surface area (Å²) in [5.41, 5.74) is 35.6. The molecule has 4 heteroatoms. The Kier molecular flexibility index (Phi) is 16.7. The number of benzene rings is 20. The number of hydrogen-bond acceptors (Lipinski definition) is 3. The van der Waals surface area contributed by atoms with E-state index in [2.05, 4.69) is 464 Å². The van der Waals surface area contributed by atoms with Crippen molar-refractivity contribution in [2.45, 2.75) is 0 Å². The molecule has 0 bridgehead atoms. The molecule has 0 atom stereocenters. The second-order valence-corrected chi connectivity index (χ2v) is 30.6. The first-order valence-corrected chi connectivity index (χ1v) is 40.1. The highest BCUT2D eigenvalue weighted by Gasteiger charge is 2.46. The molecule has 0 spiro atoms. The van der Waals surface area contributed by atoms with E-state index in [-0.39, 0.29) is 6.71 Å². The van der Waals surface area contributed by atoms with Gasteiger partial charge in [0.2, 0.25) is 0 Å². The van der Waals surface area contributed by atoms with Crippen LogP contribution < -0.4 is 31.1 Å². The van der Waals surface area contributed by atoms with Crippen molar-refractivity contribution in [3.8, 4) is 111 Å². The van der Waals surface area contributed by atoms with Gasteiger partial charge in [-0.05, 0) is 211 Å². The third-order valence-corrected chi connectivity index (χ3v) is 23.9. The Morgan fingerprint density at radius 3 is 0.871 bits per heavy atom. The van der Waals surface area contributed by atoms with Crippen LogP contribution in [0.1, 0.15) is 0 Å². The molecule has 2 heterocycles. The molecule has 0 saturated carbocycles. The maximum absolute atomic E-state index is 2.70. The van der Waals surface area contributed by atoms with Crippen molar-refractivity contribution in [2.75, 3.05) is 14.7 Å². The second kappa shape index (κ2) is 28.6. The highest BCUT2D eigenvalue weighted by atomic mass is 15.2. The highest BCUT2D eigenvalue weighted by molar-refractivity contribution is 7.00. The summed E-state index contributed by atoms with van der Waals surface area (Å²) < 4.78 is 0. The molecule has 0 saturated heterocycles. The van der Waals surface area contributed by atoms with E-state index in [1.165, 1.54) is 54.3 Å². The Morgan fingerprint density at radius 2 is 0.483 bits per heavy atom. The predicted octanol–water partition coefficient (Wildman–Crippen LogP) is 28.8. The number of nitrogens with zero attached hydrogens (tertiary/aromatic N) is 3. The van der Waals surface area contributed by atoms with Gasteiger partial charge in [-0.3, -0.25) is 0 Å². The zero-order valence-corrected chi connectivity index (χ0v) is 63.6. The smallest absolute Gasteiger partial charge is 0.252 e. The van der Waals surface area contributed by atoms with Gasteiger partial charge in [0.05, 0.1) is 17.1 Å². The van der Waals surface area contributed by atoms with E-state index in [1.54, 1.807) is 0 Å². The lowest BCUT2D eigenvalue weighted by atomic mass is 9.33. The molecule has 2 aliphatic heterocycles. The lowest BCUT2D eigenvalue weighted by molar-refractivity contribution is 1.23. The molecule has 540 valence electrons. The number of hydrogen-bond donors (Lipinski definition) is 0. The second-order valence-electron chi connectivity index (χ2n) is 30.6. The third kappa shape index (κ3) is 11.8. The monoisotopic (exact) mass is 1470 g/mol. The summed E-state index contributed by atoms with van der Waals surface area (Å²) in [6.07, 6.45) is 0. The van der Waals surface area contributed by atoms with E-state index in [0.717, 1.165) is 157 Å².